The van der Waals surface area contributed by atoms with Crippen LogP contribution in [0.1, 0.15) is 44.5 Å². The first-order chi connectivity index (χ1) is 15.3. The van der Waals surface area contributed by atoms with E-state index in [1.54, 1.807) is 6.20 Å². The first kappa shape index (κ1) is 21.6. The molecule has 0 aliphatic rings. The molecule has 0 radical (unpaired) electrons. The zero-order chi connectivity index (χ0) is 22.8. The lowest BCUT2D eigenvalue weighted by molar-refractivity contribution is 1.30. The van der Waals surface area contributed by atoms with Crippen LogP contribution in [0.3, 0.4) is 0 Å². The Kier molecular flexibility index (Phi) is 5.97. The Morgan fingerprint density at radius 2 is 1.09 bits per heavy atom. The Labute approximate surface area is 192 Å². The third kappa shape index (κ3) is 4.23. The molecule has 0 bridgehead atoms. The number of aromatic nitrogens is 1. The highest BCUT2D eigenvalue weighted by Gasteiger charge is 2.17. The minimum Gasteiger partial charge on any atom is -0.263 e. The van der Waals surface area contributed by atoms with Gasteiger partial charge in [0.2, 0.25) is 0 Å². The van der Waals surface area contributed by atoms with E-state index in [0.717, 1.165) is 11.1 Å². The van der Waals surface area contributed by atoms with Crippen molar-refractivity contribution in [3.05, 3.63) is 111 Å². The van der Waals surface area contributed by atoms with Gasteiger partial charge in [-0.25, -0.2) is 0 Å². The summed E-state index contributed by atoms with van der Waals surface area (Å²) >= 11 is 0. The summed E-state index contributed by atoms with van der Waals surface area (Å²) in [5.74, 6) is 6.91. The third-order valence-electron chi connectivity index (χ3n) is 5.95. The van der Waals surface area contributed by atoms with Crippen molar-refractivity contribution in [2.24, 2.45) is 0 Å². The smallest absolute Gasteiger partial charge is 0.0432 e. The molecule has 1 heterocycles. The lowest BCUT2D eigenvalue weighted by atomic mass is 9.85. The Hall–Kier alpha value is -3.63. The highest BCUT2D eigenvalue weighted by Crippen LogP contribution is 2.38. The van der Waals surface area contributed by atoms with Crippen molar-refractivity contribution in [2.45, 2.75) is 41.5 Å². The lowest BCUT2D eigenvalue weighted by Gasteiger charge is -2.19. The second kappa shape index (κ2) is 8.85. The Bertz CT molecular complexity index is 1240. The number of hydrogen-bond acceptors (Lipinski definition) is 1. The Balaban J connectivity index is 2.05. The van der Waals surface area contributed by atoms with Gasteiger partial charge < -0.3 is 0 Å². The van der Waals surface area contributed by atoms with Gasteiger partial charge in [-0.05, 0) is 98.2 Å². The van der Waals surface area contributed by atoms with E-state index in [2.05, 4.69) is 101 Å². The summed E-state index contributed by atoms with van der Waals surface area (Å²) in [6.07, 6.45) is 3.60. The van der Waals surface area contributed by atoms with E-state index >= 15 is 0 Å². The molecule has 0 atom stereocenters. The monoisotopic (exact) mass is 415 g/mol. The van der Waals surface area contributed by atoms with Gasteiger partial charge in [0.15, 0.2) is 0 Å². The zero-order valence-corrected chi connectivity index (χ0v) is 19.8. The highest BCUT2D eigenvalue weighted by molar-refractivity contribution is 5.87. The summed E-state index contributed by atoms with van der Waals surface area (Å²) in [5, 5.41) is 0. The number of pyridine rings is 1. The summed E-state index contributed by atoms with van der Waals surface area (Å²) in [6.45, 7) is 13.1. The van der Waals surface area contributed by atoms with Gasteiger partial charge in [0.25, 0.3) is 0 Å². The number of hydrogen-bond donors (Lipinski definition) is 0. The lowest BCUT2D eigenvalue weighted by Crippen LogP contribution is -1.98. The van der Waals surface area contributed by atoms with E-state index in [9.17, 15) is 0 Å². The maximum atomic E-state index is 4.23. The molecule has 0 aliphatic carbocycles. The standard InChI is InChI=1S/C31H29N/c1-20-15-22(3)30(23(4)16-20)28-10-7-11-29(31-24(5)17-21(2)18-25(31)6)27(28)13-12-26-9-8-14-32-19-26/h7-11,14-19H,1-6H3. The third-order valence-corrected chi connectivity index (χ3v) is 5.95. The molecule has 158 valence electrons. The molecule has 0 amide bonds. The minimum absolute atomic E-state index is 0.919. The van der Waals surface area contributed by atoms with Crippen LogP contribution >= 0.6 is 0 Å². The molecule has 1 heteroatoms. The molecule has 0 spiro atoms. The van der Waals surface area contributed by atoms with Crippen LogP contribution in [0.15, 0.2) is 67.0 Å². The predicted molar refractivity (Wildman–Crippen MR) is 136 cm³/mol. The molecular weight excluding hydrogens is 386 g/mol. The molecule has 32 heavy (non-hydrogen) atoms. The summed E-state index contributed by atoms with van der Waals surface area (Å²) < 4.78 is 0. The largest absolute Gasteiger partial charge is 0.263 e. The molecule has 0 unspecified atom stereocenters. The number of rotatable bonds is 2. The molecular formula is C31H29N. The van der Waals surface area contributed by atoms with Crippen LogP contribution in [-0.4, -0.2) is 4.98 Å². The molecule has 1 aromatic heterocycles. The normalized spacial score (nSPS) is 10.6. The van der Waals surface area contributed by atoms with Crippen molar-refractivity contribution in [3.8, 4) is 34.1 Å². The molecule has 3 aromatic carbocycles. The van der Waals surface area contributed by atoms with Crippen LogP contribution in [0.25, 0.3) is 22.3 Å². The second-order valence-electron chi connectivity index (χ2n) is 8.77. The molecule has 0 aliphatic heterocycles. The van der Waals surface area contributed by atoms with E-state index in [1.807, 2.05) is 18.3 Å². The SMILES string of the molecule is Cc1cc(C)c(-c2cccc(-c3c(C)cc(C)cc3C)c2C#Cc2cccnc2)c(C)c1. The van der Waals surface area contributed by atoms with E-state index in [0.29, 0.717) is 0 Å². The van der Waals surface area contributed by atoms with E-state index in [1.165, 1.54) is 55.6 Å². The fourth-order valence-electron chi connectivity index (χ4n) is 4.88. The van der Waals surface area contributed by atoms with Crippen LogP contribution in [-0.2, 0) is 0 Å². The van der Waals surface area contributed by atoms with Crippen LogP contribution in [0.2, 0.25) is 0 Å². The Morgan fingerprint density at radius 3 is 1.53 bits per heavy atom. The number of benzene rings is 3. The summed E-state index contributed by atoms with van der Waals surface area (Å²) in [7, 11) is 0. The van der Waals surface area contributed by atoms with Gasteiger partial charge in [-0.2, -0.15) is 0 Å². The minimum atomic E-state index is 0.919. The van der Waals surface area contributed by atoms with Crippen LogP contribution in [0, 0.1) is 53.4 Å². The average molecular weight is 416 g/mol. The molecule has 0 saturated heterocycles. The highest BCUT2D eigenvalue weighted by atomic mass is 14.6. The van der Waals surface area contributed by atoms with Crippen molar-refractivity contribution < 1.29 is 0 Å². The molecule has 4 aromatic rings. The number of aryl methyl sites for hydroxylation is 6. The van der Waals surface area contributed by atoms with Gasteiger partial charge in [0.05, 0.1) is 0 Å². The van der Waals surface area contributed by atoms with E-state index in [4.69, 9.17) is 0 Å². The fourth-order valence-corrected chi connectivity index (χ4v) is 4.88. The zero-order valence-electron chi connectivity index (χ0n) is 19.8. The van der Waals surface area contributed by atoms with Gasteiger partial charge in [-0.15, -0.1) is 0 Å². The molecule has 0 saturated carbocycles. The van der Waals surface area contributed by atoms with E-state index in [-0.39, 0.29) is 0 Å². The van der Waals surface area contributed by atoms with Crippen LogP contribution in [0.5, 0.6) is 0 Å². The van der Waals surface area contributed by atoms with Gasteiger partial charge in [-0.3, -0.25) is 4.98 Å². The maximum Gasteiger partial charge on any atom is 0.0432 e. The van der Waals surface area contributed by atoms with Gasteiger partial charge in [0.1, 0.15) is 0 Å². The summed E-state index contributed by atoms with van der Waals surface area (Å²) in [4.78, 5) is 4.23. The van der Waals surface area contributed by atoms with Gasteiger partial charge in [-0.1, -0.05) is 65.4 Å². The summed E-state index contributed by atoms with van der Waals surface area (Å²) in [6, 6.07) is 19.6. The van der Waals surface area contributed by atoms with Crippen LogP contribution < -0.4 is 0 Å². The van der Waals surface area contributed by atoms with Crippen LogP contribution in [0.4, 0.5) is 0 Å². The van der Waals surface area contributed by atoms with Crippen molar-refractivity contribution in [1.29, 1.82) is 0 Å². The average Bonchev–Trinajstić information content (AvgIpc) is 2.72. The molecule has 4 rings (SSSR count). The maximum absolute atomic E-state index is 4.23. The van der Waals surface area contributed by atoms with Crippen molar-refractivity contribution in [1.82, 2.24) is 4.98 Å². The first-order valence-electron chi connectivity index (χ1n) is 11.1. The second-order valence-corrected chi connectivity index (χ2v) is 8.77. The predicted octanol–water partition coefficient (Wildman–Crippen LogP) is 7.67. The van der Waals surface area contributed by atoms with E-state index < -0.39 is 0 Å². The van der Waals surface area contributed by atoms with Gasteiger partial charge in [0, 0.05) is 23.5 Å². The summed E-state index contributed by atoms with van der Waals surface area (Å²) in [5.41, 5.74) is 14.6. The first-order valence-corrected chi connectivity index (χ1v) is 11.1. The topological polar surface area (TPSA) is 12.9 Å². The van der Waals surface area contributed by atoms with Crippen molar-refractivity contribution >= 4 is 0 Å². The Morgan fingerprint density at radius 1 is 0.594 bits per heavy atom. The molecule has 1 nitrogen and oxygen atoms in total. The van der Waals surface area contributed by atoms with Crippen molar-refractivity contribution in [2.75, 3.05) is 0 Å². The molecule has 0 fully saturated rings. The van der Waals surface area contributed by atoms with Crippen molar-refractivity contribution in [3.63, 3.8) is 0 Å². The van der Waals surface area contributed by atoms with Gasteiger partial charge >= 0.3 is 0 Å². The fraction of sp³-hybridized carbons (Fsp3) is 0.194. The molecule has 0 N–H and O–H groups in total. The number of nitrogens with zero attached hydrogens (tertiary/aromatic N) is 1. The quantitative estimate of drug-likeness (QED) is 0.306.